The number of fused-ring (bicyclic) bond motifs is 2. The van der Waals surface area contributed by atoms with Crippen LogP contribution in [0.25, 0.3) is 21.9 Å². The van der Waals surface area contributed by atoms with Crippen molar-refractivity contribution in [3.63, 3.8) is 0 Å². The number of hydrogen-bond donors (Lipinski definition) is 0. The average molecular weight is 499 g/mol. The Hall–Kier alpha value is -2.29. The van der Waals surface area contributed by atoms with Gasteiger partial charge in [-0.1, -0.05) is 39.8 Å². The molecule has 0 aliphatic rings. The van der Waals surface area contributed by atoms with E-state index in [-0.39, 0.29) is 5.56 Å². The minimum Gasteiger partial charge on any atom is -0.382 e. The van der Waals surface area contributed by atoms with Gasteiger partial charge >= 0.3 is 0 Å². The van der Waals surface area contributed by atoms with Gasteiger partial charge in [0.2, 0.25) is 0 Å². The minimum atomic E-state index is -0.0355. The predicted octanol–water partition coefficient (Wildman–Crippen LogP) is 5.13. The van der Waals surface area contributed by atoms with Crippen LogP contribution in [0.3, 0.4) is 0 Å². The second kappa shape index (κ2) is 9.89. The number of nitrogens with zero attached hydrogens (tertiary/aromatic N) is 4. The quantitative estimate of drug-likeness (QED) is 0.190. The van der Waals surface area contributed by atoms with Gasteiger partial charge in [-0.25, -0.2) is 15.0 Å². The van der Waals surface area contributed by atoms with Gasteiger partial charge in [0.25, 0.3) is 5.56 Å². The molecule has 0 N–H and O–H groups in total. The van der Waals surface area contributed by atoms with Gasteiger partial charge in [-0.15, -0.1) is 0 Å². The molecule has 2 aromatic carbocycles. The molecule has 0 spiro atoms. The van der Waals surface area contributed by atoms with Crippen molar-refractivity contribution in [1.29, 1.82) is 0 Å². The van der Waals surface area contributed by atoms with Crippen molar-refractivity contribution in [3.05, 3.63) is 68.7 Å². The fourth-order valence-electron chi connectivity index (χ4n) is 3.34. The molecule has 0 saturated heterocycles. The lowest BCUT2D eigenvalue weighted by molar-refractivity contribution is 0.140. The summed E-state index contributed by atoms with van der Waals surface area (Å²) in [6, 6.07) is 13.5. The first-order valence-electron chi connectivity index (χ1n) is 10.2. The second-order valence-corrected chi connectivity index (χ2v) is 8.95. The number of thioether (sulfide) groups is 1. The van der Waals surface area contributed by atoms with E-state index < -0.39 is 0 Å². The highest BCUT2D eigenvalue weighted by Gasteiger charge is 2.14. The van der Waals surface area contributed by atoms with Crippen LogP contribution in [0.1, 0.15) is 24.7 Å². The summed E-state index contributed by atoms with van der Waals surface area (Å²) in [6.45, 7) is 5.77. The van der Waals surface area contributed by atoms with Crippen molar-refractivity contribution in [2.24, 2.45) is 0 Å². The third-order valence-electron chi connectivity index (χ3n) is 4.94. The van der Waals surface area contributed by atoms with Crippen molar-refractivity contribution < 1.29 is 4.74 Å². The molecule has 2 heterocycles. The predicted molar refractivity (Wildman–Crippen MR) is 129 cm³/mol. The molecule has 0 atom stereocenters. The molecular weight excluding hydrogens is 476 g/mol. The van der Waals surface area contributed by atoms with Crippen LogP contribution in [0, 0.1) is 6.92 Å². The van der Waals surface area contributed by atoms with Crippen molar-refractivity contribution >= 4 is 49.6 Å². The smallest absolute Gasteiger partial charge is 0.262 e. The summed E-state index contributed by atoms with van der Waals surface area (Å²) in [4.78, 5) is 27.5. The highest BCUT2D eigenvalue weighted by Crippen LogP contribution is 2.25. The third kappa shape index (κ3) is 4.97. The fraction of sp³-hybridized carbons (Fsp3) is 0.304. The van der Waals surface area contributed by atoms with Crippen LogP contribution >= 0.6 is 27.7 Å². The standard InChI is InChI=1S/C23H23BrN4O2S/c1-3-30-12-6-11-28-22(29)17-13-16(24)9-10-18(17)27-23(28)31-14-21-15(2)25-19-7-4-5-8-20(19)26-21/h4-5,7-10,13H,3,6,11-12,14H2,1-2H3. The summed E-state index contributed by atoms with van der Waals surface area (Å²) in [5, 5.41) is 1.29. The monoisotopic (exact) mass is 498 g/mol. The van der Waals surface area contributed by atoms with Gasteiger partial charge < -0.3 is 4.74 Å². The Morgan fingerprint density at radius 3 is 2.61 bits per heavy atom. The Morgan fingerprint density at radius 2 is 1.84 bits per heavy atom. The van der Waals surface area contributed by atoms with Crippen LogP contribution in [0.4, 0.5) is 0 Å². The van der Waals surface area contributed by atoms with Gasteiger partial charge in [0.1, 0.15) is 0 Å². The maximum absolute atomic E-state index is 13.2. The zero-order valence-electron chi connectivity index (χ0n) is 17.5. The van der Waals surface area contributed by atoms with E-state index in [1.54, 1.807) is 4.57 Å². The van der Waals surface area contributed by atoms with E-state index in [2.05, 4.69) is 20.9 Å². The SMILES string of the molecule is CCOCCCn1c(SCc2nc3ccccc3nc2C)nc2ccc(Br)cc2c1=O. The van der Waals surface area contributed by atoms with E-state index >= 15 is 0 Å². The Morgan fingerprint density at radius 1 is 1.06 bits per heavy atom. The molecule has 2 aromatic heterocycles. The first kappa shape index (κ1) is 21.9. The zero-order chi connectivity index (χ0) is 21.8. The van der Waals surface area contributed by atoms with Gasteiger partial charge in [-0.3, -0.25) is 9.36 Å². The number of benzene rings is 2. The van der Waals surface area contributed by atoms with E-state index in [0.717, 1.165) is 33.3 Å². The number of aromatic nitrogens is 4. The van der Waals surface area contributed by atoms with Crippen molar-refractivity contribution in [2.75, 3.05) is 13.2 Å². The van der Waals surface area contributed by atoms with Crippen LogP contribution < -0.4 is 5.56 Å². The minimum absolute atomic E-state index is 0.0355. The number of hydrogen-bond acceptors (Lipinski definition) is 6. The molecule has 6 nitrogen and oxygen atoms in total. The highest BCUT2D eigenvalue weighted by molar-refractivity contribution is 9.10. The first-order valence-corrected chi connectivity index (χ1v) is 12.0. The average Bonchev–Trinajstić information content (AvgIpc) is 2.77. The van der Waals surface area contributed by atoms with E-state index in [1.807, 2.05) is 56.3 Å². The molecule has 4 aromatic rings. The maximum Gasteiger partial charge on any atom is 0.262 e. The first-order chi connectivity index (χ1) is 15.1. The van der Waals surface area contributed by atoms with E-state index in [4.69, 9.17) is 14.7 Å². The van der Waals surface area contributed by atoms with Crippen LogP contribution in [0.15, 0.2) is 56.9 Å². The topological polar surface area (TPSA) is 69.9 Å². The van der Waals surface area contributed by atoms with Gasteiger partial charge in [-0.05, 0) is 50.6 Å². The van der Waals surface area contributed by atoms with E-state index in [0.29, 0.717) is 41.6 Å². The van der Waals surface area contributed by atoms with Crippen LogP contribution in [-0.2, 0) is 17.0 Å². The van der Waals surface area contributed by atoms with Gasteiger partial charge in [0, 0.05) is 30.0 Å². The van der Waals surface area contributed by atoms with Crippen LogP contribution in [0.2, 0.25) is 0 Å². The molecule has 0 amide bonds. The van der Waals surface area contributed by atoms with Crippen molar-refractivity contribution in [1.82, 2.24) is 19.5 Å². The number of para-hydroxylation sites is 2. The Labute approximate surface area is 193 Å². The lowest BCUT2D eigenvalue weighted by Gasteiger charge is -2.14. The molecule has 160 valence electrons. The lowest BCUT2D eigenvalue weighted by atomic mass is 10.2. The van der Waals surface area contributed by atoms with Crippen LogP contribution in [0.5, 0.6) is 0 Å². The Bertz CT molecular complexity index is 1290. The fourth-order valence-corrected chi connectivity index (χ4v) is 4.74. The second-order valence-electron chi connectivity index (χ2n) is 7.10. The van der Waals surface area contributed by atoms with Crippen molar-refractivity contribution in [3.8, 4) is 0 Å². The number of halogens is 1. The zero-order valence-corrected chi connectivity index (χ0v) is 19.9. The Kier molecular flexibility index (Phi) is 6.99. The van der Waals surface area contributed by atoms with E-state index in [9.17, 15) is 4.79 Å². The number of rotatable bonds is 8. The van der Waals surface area contributed by atoms with E-state index in [1.165, 1.54) is 11.8 Å². The molecule has 0 fully saturated rings. The molecule has 8 heteroatoms. The summed E-state index contributed by atoms with van der Waals surface area (Å²) in [5.74, 6) is 0.587. The third-order valence-corrected chi connectivity index (χ3v) is 6.42. The molecule has 0 saturated carbocycles. The van der Waals surface area contributed by atoms with Gasteiger partial charge in [0.05, 0.1) is 33.3 Å². The molecule has 0 radical (unpaired) electrons. The molecule has 31 heavy (non-hydrogen) atoms. The summed E-state index contributed by atoms with van der Waals surface area (Å²) in [5.41, 5.74) is 4.20. The largest absolute Gasteiger partial charge is 0.382 e. The molecular formula is C23H23BrN4O2S. The van der Waals surface area contributed by atoms with Crippen LogP contribution in [-0.4, -0.2) is 32.7 Å². The molecule has 0 aliphatic heterocycles. The number of ether oxygens (including phenoxy) is 1. The summed E-state index contributed by atoms with van der Waals surface area (Å²) >= 11 is 4.97. The lowest BCUT2D eigenvalue weighted by Crippen LogP contribution is -2.24. The van der Waals surface area contributed by atoms with Gasteiger partial charge in [0.15, 0.2) is 5.16 Å². The normalized spacial score (nSPS) is 11.5. The molecule has 0 bridgehead atoms. The molecule has 0 unspecified atom stereocenters. The Balaban J connectivity index is 1.67. The number of aryl methyl sites for hydroxylation is 1. The summed E-state index contributed by atoms with van der Waals surface area (Å²) in [6.07, 6.45) is 0.747. The maximum atomic E-state index is 13.2. The summed E-state index contributed by atoms with van der Waals surface area (Å²) < 4.78 is 8.07. The molecule has 0 aliphatic carbocycles. The summed E-state index contributed by atoms with van der Waals surface area (Å²) in [7, 11) is 0. The highest BCUT2D eigenvalue weighted by atomic mass is 79.9. The molecule has 4 rings (SSSR count). The van der Waals surface area contributed by atoms with Crippen molar-refractivity contribution in [2.45, 2.75) is 37.7 Å². The van der Waals surface area contributed by atoms with Gasteiger partial charge in [-0.2, -0.15) is 0 Å².